The Morgan fingerprint density at radius 3 is 3.15 bits per heavy atom. The van der Waals surface area contributed by atoms with Crippen molar-refractivity contribution in [3.8, 4) is 0 Å². The molecule has 110 valence electrons. The maximum Gasteiger partial charge on any atom is 0.270 e. The lowest BCUT2D eigenvalue weighted by molar-refractivity contribution is 0.0948. The lowest BCUT2D eigenvalue weighted by Gasteiger charge is -2.30. The molecule has 5 nitrogen and oxygen atoms in total. The Bertz CT molecular complexity index is 449. The average Bonchev–Trinajstić information content (AvgIpc) is 2.47. The fourth-order valence-corrected chi connectivity index (χ4v) is 2.47. The van der Waals surface area contributed by atoms with Gasteiger partial charge in [0.25, 0.3) is 5.91 Å². The molecule has 20 heavy (non-hydrogen) atoms. The molecule has 0 radical (unpaired) electrons. The largest absolute Gasteiger partial charge is 0.351 e. The number of anilines is 1. The Kier molecular flexibility index (Phi) is 5.32. The van der Waals surface area contributed by atoms with Crippen molar-refractivity contribution in [1.29, 1.82) is 0 Å². The summed E-state index contributed by atoms with van der Waals surface area (Å²) in [5.41, 5.74) is 0.462. The Balaban J connectivity index is 2.01. The van der Waals surface area contributed by atoms with Gasteiger partial charge in [0, 0.05) is 25.8 Å². The van der Waals surface area contributed by atoms with Gasteiger partial charge in [0.15, 0.2) is 0 Å². The van der Waals surface area contributed by atoms with Gasteiger partial charge in [0.05, 0.1) is 0 Å². The maximum absolute atomic E-state index is 12.0. The summed E-state index contributed by atoms with van der Waals surface area (Å²) in [4.78, 5) is 22.9. The van der Waals surface area contributed by atoms with Gasteiger partial charge in [-0.1, -0.05) is 20.3 Å². The number of unbranched alkanes of at least 4 members (excludes halogenated alkanes) is 1. The van der Waals surface area contributed by atoms with E-state index in [9.17, 15) is 4.79 Å². The van der Waals surface area contributed by atoms with Crippen molar-refractivity contribution in [3.05, 3.63) is 18.0 Å². The molecule has 5 heteroatoms. The topological polar surface area (TPSA) is 58.1 Å². The van der Waals surface area contributed by atoms with Crippen molar-refractivity contribution in [2.75, 3.05) is 24.5 Å². The molecule has 2 heterocycles. The molecule has 1 saturated heterocycles. The zero-order valence-electron chi connectivity index (χ0n) is 12.4. The van der Waals surface area contributed by atoms with Crippen LogP contribution < -0.4 is 10.2 Å². The van der Waals surface area contributed by atoms with E-state index in [0.717, 1.165) is 32.4 Å². The number of piperidine rings is 1. The van der Waals surface area contributed by atoms with Crippen LogP contribution >= 0.6 is 0 Å². The second kappa shape index (κ2) is 7.22. The number of hydrogen-bond acceptors (Lipinski definition) is 4. The summed E-state index contributed by atoms with van der Waals surface area (Å²) >= 11 is 0. The fourth-order valence-electron chi connectivity index (χ4n) is 2.47. The van der Waals surface area contributed by atoms with Crippen LogP contribution in [0, 0.1) is 5.92 Å². The molecule has 0 saturated carbocycles. The van der Waals surface area contributed by atoms with Crippen molar-refractivity contribution in [2.24, 2.45) is 5.92 Å². The van der Waals surface area contributed by atoms with Gasteiger partial charge in [0.1, 0.15) is 5.69 Å². The van der Waals surface area contributed by atoms with Crippen LogP contribution in [0.1, 0.15) is 50.0 Å². The highest BCUT2D eigenvalue weighted by Gasteiger charge is 2.19. The van der Waals surface area contributed by atoms with Crippen LogP contribution in [0.15, 0.2) is 12.3 Å². The predicted octanol–water partition coefficient (Wildman–Crippen LogP) is 2.24. The van der Waals surface area contributed by atoms with Gasteiger partial charge < -0.3 is 10.2 Å². The summed E-state index contributed by atoms with van der Waals surface area (Å²) in [6, 6.07) is 1.68. The van der Waals surface area contributed by atoms with Crippen molar-refractivity contribution in [3.63, 3.8) is 0 Å². The van der Waals surface area contributed by atoms with Crippen molar-refractivity contribution < 1.29 is 4.79 Å². The number of amides is 1. The molecule has 1 aliphatic heterocycles. The van der Waals surface area contributed by atoms with Crippen LogP contribution in [0.3, 0.4) is 0 Å². The minimum Gasteiger partial charge on any atom is -0.351 e. The quantitative estimate of drug-likeness (QED) is 0.838. The highest BCUT2D eigenvalue weighted by Crippen LogP contribution is 2.19. The summed E-state index contributed by atoms with van der Waals surface area (Å²) in [6.07, 6.45) is 6.16. The number of aromatic nitrogens is 2. The van der Waals surface area contributed by atoms with Crippen molar-refractivity contribution >= 4 is 11.9 Å². The Morgan fingerprint density at radius 2 is 2.40 bits per heavy atom. The molecule has 1 fully saturated rings. The van der Waals surface area contributed by atoms with E-state index in [1.165, 1.54) is 6.42 Å². The Hall–Kier alpha value is -1.65. The van der Waals surface area contributed by atoms with E-state index in [1.54, 1.807) is 12.3 Å². The third-order valence-corrected chi connectivity index (χ3v) is 3.63. The first kappa shape index (κ1) is 14.8. The number of hydrogen-bond donors (Lipinski definition) is 1. The maximum atomic E-state index is 12.0. The van der Waals surface area contributed by atoms with E-state index in [2.05, 4.69) is 34.0 Å². The number of carbonyl (C=O) groups excluding carboxylic acids is 1. The van der Waals surface area contributed by atoms with Crippen molar-refractivity contribution in [1.82, 2.24) is 15.3 Å². The van der Waals surface area contributed by atoms with Crippen LogP contribution in [0.5, 0.6) is 0 Å². The molecule has 1 aliphatic rings. The summed E-state index contributed by atoms with van der Waals surface area (Å²) < 4.78 is 0. The molecule has 1 N–H and O–H groups in total. The molecule has 1 unspecified atom stereocenters. The van der Waals surface area contributed by atoms with Crippen LogP contribution in [-0.4, -0.2) is 35.5 Å². The number of carbonyl (C=O) groups is 1. The molecule has 0 aromatic carbocycles. The minimum atomic E-state index is -0.104. The van der Waals surface area contributed by atoms with Gasteiger partial charge in [-0.2, -0.15) is 0 Å². The summed E-state index contributed by atoms with van der Waals surface area (Å²) in [5.74, 6) is 1.24. The average molecular weight is 276 g/mol. The third-order valence-electron chi connectivity index (χ3n) is 3.63. The number of nitrogens with one attached hydrogen (secondary N) is 1. The van der Waals surface area contributed by atoms with Crippen LogP contribution in [0.25, 0.3) is 0 Å². The Labute approximate surface area is 120 Å². The SMILES string of the molecule is CCCCNC(=O)c1ccnc(N2CCCC(C)C2)n1. The minimum absolute atomic E-state index is 0.104. The van der Waals surface area contributed by atoms with E-state index in [1.807, 2.05) is 0 Å². The zero-order chi connectivity index (χ0) is 14.4. The highest BCUT2D eigenvalue weighted by molar-refractivity contribution is 5.92. The van der Waals surface area contributed by atoms with Gasteiger partial charge in [-0.15, -0.1) is 0 Å². The molecular weight excluding hydrogens is 252 g/mol. The number of rotatable bonds is 5. The fraction of sp³-hybridized carbons (Fsp3) is 0.667. The van der Waals surface area contributed by atoms with E-state index >= 15 is 0 Å². The zero-order valence-corrected chi connectivity index (χ0v) is 12.4. The van der Waals surface area contributed by atoms with Gasteiger partial charge in [-0.25, -0.2) is 9.97 Å². The molecule has 1 amide bonds. The predicted molar refractivity (Wildman–Crippen MR) is 79.9 cm³/mol. The monoisotopic (exact) mass is 276 g/mol. The van der Waals surface area contributed by atoms with Crippen molar-refractivity contribution in [2.45, 2.75) is 39.5 Å². The first-order valence-corrected chi connectivity index (χ1v) is 7.57. The molecule has 2 rings (SSSR count). The lowest BCUT2D eigenvalue weighted by atomic mass is 10.0. The van der Waals surface area contributed by atoms with E-state index in [4.69, 9.17) is 0 Å². The molecule has 1 atom stereocenters. The molecule has 0 bridgehead atoms. The summed E-state index contributed by atoms with van der Waals surface area (Å²) in [7, 11) is 0. The lowest BCUT2D eigenvalue weighted by Crippen LogP contribution is -2.36. The first-order valence-electron chi connectivity index (χ1n) is 7.57. The van der Waals surface area contributed by atoms with Gasteiger partial charge >= 0.3 is 0 Å². The molecular formula is C15H24N4O. The number of nitrogens with zero attached hydrogens (tertiary/aromatic N) is 3. The van der Waals surface area contributed by atoms with Gasteiger partial charge in [-0.05, 0) is 31.2 Å². The van der Waals surface area contributed by atoms with Crippen LogP contribution in [0.4, 0.5) is 5.95 Å². The second-order valence-corrected chi connectivity index (χ2v) is 5.54. The van der Waals surface area contributed by atoms with E-state index < -0.39 is 0 Å². The smallest absolute Gasteiger partial charge is 0.270 e. The Morgan fingerprint density at radius 1 is 1.55 bits per heavy atom. The van der Waals surface area contributed by atoms with Gasteiger partial charge in [0.2, 0.25) is 5.95 Å². The summed E-state index contributed by atoms with van der Waals surface area (Å²) in [6.45, 7) is 7.00. The van der Waals surface area contributed by atoms with Crippen LogP contribution in [-0.2, 0) is 0 Å². The molecule has 0 aliphatic carbocycles. The second-order valence-electron chi connectivity index (χ2n) is 5.54. The van der Waals surface area contributed by atoms with E-state index in [-0.39, 0.29) is 5.91 Å². The van der Waals surface area contributed by atoms with Crippen LogP contribution in [0.2, 0.25) is 0 Å². The highest BCUT2D eigenvalue weighted by atomic mass is 16.1. The normalized spacial score (nSPS) is 18.9. The van der Waals surface area contributed by atoms with E-state index in [0.29, 0.717) is 24.1 Å². The van der Waals surface area contributed by atoms with Gasteiger partial charge in [-0.3, -0.25) is 4.79 Å². The summed E-state index contributed by atoms with van der Waals surface area (Å²) in [5, 5.41) is 2.89. The standard InChI is InChI=1S/C15H24N4O/c1-3-4-8-16-14(20)13-7-9-17-15(18-13)19-10-5-6-12(2)11-19/h7,9,12H,3-6,8,10-11H2,1-2H3,(H,16,20). The molecule has 1 aromatic rings. The first-order chi connectivity index (χ1) is 9.70. The molecule has 0 spiro atoms. The third kappa shape index (κ3) is 3.92. The molecule has 1 aromatic heterocycles.